The van der Waals surface area contributed by atoms with Gasteiger partial charge in [0.1, 0.15) is 0 Å². The van der Waals surface area contributed by atoms with E-state index in [0.29, 0.717) is 0 Å². The largest absolute Gasteiger partial charge is 0.250 e. The fraction of sp³-hybridized carbons (Fsp3) is 0.538. The Balaban J connectivity index is 0.00000144. The van der Waals surface area contributed by atoms with Gasteiger partial charge in [-0.1, -0.05) is 13.3 Å². The monoisotopic (exact) mass is 345 g/mol. The number of fused-ring (bicyclic) bond motifs is 1. The summed E-state index contributed by atoms with van der Waals surface area (Å²) in [6.07, 6.45) is 2.27. The number of nitrogens with zero attached hydrogens (tertiary/aromatic N) is 3. The van der Waals surface area contributed by atoms with Crippen molar-refractivity contribution >= 4 is 35.0 Å². The van der Waals surface area contributed by atoms with E-state index in [0.717, 1.165) is 29.9 Å². The van der Waals surface area contributed by atoms with Gasteiger partial charge in [-0.15, -0.1) is 24.0 Å². The van der Waals surface area contributed by atoms with Gasteiger partial charge in [0.15, 0.2) is 5.65 Å². The Bertz CT molecular complexity index is 543. The highest BCUT2D eigenvalue weighted by Gasteiger charge is 2.14. The lowest BCUT2D eigenvalue weighted by molar-refractivity contribution is 0.772. The molecule has 0 aliphatic heterocycles. The number of pyridine rings is 1. The van der Waals surface area contributed by atoms with Crippen molar-refractivity contribution in [2.45, 2.75) is 40.5 Å². The van der Waals surface area contributed by atoms with Crippen LogP contribution >= 0.6 is 24.0 Å². The van der Waals surface area contributed by atoms with Crippen molar-refractivity contribution in [2.75, 3.05) is 0 Å². The SMILES string of the molecule is CCCc1c(C)c(C)nc2c1c(C)nn2C.I. The summed E-state index contributed by atoms with van der Waals surface area (Å²) in [6.45, 7) is 8.53. The van der Waals surface area contributed by atoms with Crippen LogP contribution in [0, 0.1) is 20.8 Å². The smallest absolute Gasteiger partial charge is 0.158 e. The van der Waals surface area contributed by atoms with Crippen LogP contribution in [0.25, 0.3) is 11.0 Å². The molecule has 2 rings (SSSR count). The zero-order chi connectivity index (χ0) is 11.9. The van der Waals surface area contributed by atoms with Gasteiger partial charge in [-0.3, -0.25) is 4.68 Å². The lowest BCUT2D eigenvalue weighted by Crippen LogP contribution is -1.99. The molecule has 0 amide bonds. The molecule has 0 saturated heterocycles. The molecule has 0 radical (unpaired) electrons. The molecule has 94 valence electrons. The molecule has 0 unspecified atom stereocenters. The summed E-state index contributed by atoms with van der Waals surface area (Å²) < 4.78 is 1.89. The number of hydrogen-bond acceptors (Lipinski definition) is 2. The third-order valence-corrected chi connectivity index (χ3v) is 3.26. The van der Waals surface area contributed by atoms with Crippen LogP contribution in [-0.4, -0.2) is 14.8 Å². The molecular weight excluding hydrogens is 325 g/mol. The van der Waals surface area contributed by atoms with Gasteiger partial charge in [0.25, 0.3) is 0 Å². The van der Waals surface area contributed by atoms with Crippen molar-refractivity contribution in [2.24, 2.45) is 7.05 Å². The molecule has 0 bridgehead atoms. The maximum atomic E-state index is 4.64. The highest BCUT2D eigenvalue weighted by molar-refractivity contribution is 14.0. The zero-order valence-corrected chi connectivity index (χ0v) is 13.5. The van der Waals surface area contributed by atoms with E-state index in [1.165, 1.54) is 16.5 Å². The van der Waals surface area contributed by atoms with Crippen LogP contribution in [0.5, 0.6) is 0 Å². The molecule has 0 atom stereocenters. The summed E-state index contributed by atoms with van der Waals surface area (Å²) in [5, 5.41) is 5.73. The molecule has 17 heavy (non-hydrogen) atoms. The number of halogens is 1. The number of hydrogen-bond donors (Lipinski definition) is 0. The minimum atomic E-state index is 0. The van der Waals surface area contributed by atoms with E-state index in [2.05, 4.69) is 37.8 Å². The zero-order valence-electron chi connectivity index (χ0n) is 11.2. The molecular formula is C13H20IN3. The van der Waals surface area contributed by atoms with Crippen molar-refractivity contribution in [3.05, 3.63) is 22.5 Å². The van der Waals surface area contributed by atoms with Crippen molar-refractivity contribution in [3.63, 3.8) is 0 Å². The van der Waals surface area contributed by atoms with Gasteiger partial charge in [0.2, 0.25) is 0 Å². The second-order valence-electron chi connectivity index (χ2n) is 4.46. The molecule has 4 heteroatoms. The number of rotatable bonds is 2. The predicted molar refractivity (Wildman–Crippen MR) is 82.1 cm³/mol. The Hall–Kier alpha value is -0.650. The lowest BCUT2D eigenvalue weighted by Gasteiger charge is -2.09. The summed E-state index contributed by atoms with van der Waals surface area (Å²) in [4.78, 5) is 4.64. The molecule has 3 nitrogen and oxygen atoms in total. The van der Waals surface area contributed by atoms with Crippen LogP contribution in [0.2, 0.25) is 0 Å². The van der Waals surface area contributed by atoms with Gasteiger partial charge in [0.05, 0.1) is 5.69 Å². The van der Waals surface area contributed by atoms with E-state index in [9.17, 15) is 0 Å². The molecule has 2 aromatic rings. The molecule has 2 aromatic heterocycles. The minimum Gasteiger partial charge on any atom is -0.250 e. The van der Waals surface area contributed by atoms with Gasteiger partial charge in [-0.05, 0) is 38.3 Å². The van der Waals surface area contributed by atoms with E-state index < -0.39 is 0 Å². The second kappa shape index (κ2) is 5.33. The third-order valence-electron chi connectivity index (χ3n) is 3.26. The van der Waals surface area contributed by atoms with Gasteiger partial charge < -0.3 is 0 Å². The average Bonchev–Trinajstić information content (AvgIpc) is 2.49. The Morgan fingerprint density at radius 2 is 1.76 bits per heavy atom. The standard InChI is InChI=1S/C13H19N3.HI/c1-6-7-11-8(2)9(3)14-13-12(11)10(4)15-16(13)5;/h6-7H2,1-5H3;1H. The summed E-state index contributed by atoms with van der Waals surface area (Å²) in [5.41, 5.74) is 5.99. The molecule has 2 heterocycles. The fourth-order valence-electron chi connectivity index (χ4n) is 2.34. The topological polar surface area (TPSA) is 30.7 Å². The Labute approximate surface area is 120 Å². The van der Waals surface area contributed by atoms with Crippen LogP contribution < -0.4 is 0 Å². The maximum Gasteiger partial charge on any atom is 0.158 e. The van der Waals surface area contributed by atoms with Crippen LogP contribution in [0.3, 0.4) is 0 Å². The first kappa shape index (κ1) is 14.4. The lowest BCUT2D eigenvalue weighted by atomic mass is 9.99. The molecule has 0 N–H and O–H groups in total. The van der Waals surface area contributed by atoms with Crippen LogP contribution in [0.15, 0.2) is 0 Å². The molecule has 0 saturated carbocycles. The summed E-state index contributed by atoms with van der Waals surface area (Å²) in [5.74, 6) is 0. The van der Waals surface area contributed by atoms with Gasteiger partial charge in [0, 0.05) is 18.1 Å². The van der Waals surface area contributed by atoms with Gasteiger partial charge in [-0.2, -0.15) is 5.10 Å². The minimum absolute atomic E-state index is 0. The van der Waals surface area contributed by atoms with E-state index in [4.69, 9.17) is 0 Å². The first-order valence-corrected chi connectivity index (χ1v) is 5.85. The van der Waals surface area contributed by atoms with Crippen molar-refractivity contribution in [1.29, 1.82) is 0 Å². The van der Waals surface area contributed by atoms with E-state index >= 15 is 0 Å². The highest BCUT2D eigenvalue weighted by Crippen LogP contribution is 2.26. The van der Waals surface area contributed by atoms with Crippen LogP contribution in [0.1, 0.15) is 35.9 Å². The third kappa shape index (κ3) is 2.32. The molecule has 0 aromatic carbocycles. The van der Waals surface area contributed by atoms with Gasteiger partial charge >= 0.3 is 0 Å². The van der Waals surface area contributed by atoms with E-state index in [1.54, 1.807) is 0 Å². The molecule has 0 aliphatic carbocycles. The van der Waals surface area contributed by atoms with E-state index in [1.807, 2.05) is 11.7 Å². The fourth-order valence-corrected chi connectivity index (χ4v) is 2.34. The summed E-state index contributed by atoms with van der Waals surface area (Å²) >= 11 is 0. The van der Waals surface area contributed by atoms with Crippen molar-refractivity contribution in [1.82, 2.24) is 14.8 Å². The second-order valence-corrected chi connectivity index (χ2v) is 4.46. The van der Waals surface area contributed by atoms with Crippen LogP contribution in [-0.2, 0) is 13.5 Å². The molecule has 0 spiro atoms. The number of aromatic nitrogens is 3. The predicted octanol–water partition coefficient (Wildman–Crippen LogP) is 3.46. The average molecular weight is 345 g/mol. The quantitative estimate of drug-likeness (QED) is 0.781. The van der Waals surface area contributed by atoms with Crippen molar-refractivity contribution in [3.8, 4) is 0 Å². The first-order chi connectivity index (χ1) is 7.56. The highest BCUT2D eigenvalue weighted by atomic mass is 127. The van der Waals surface area contributed by atoms with Crippen LogP contribution in [0.4, 0.5) is 0 Å². The van der Waals surface area contributed by atoms with Gasteiger partial charge in [-0.25, -0.2) is 4.98 Å². The maximum absolute atomic E-state index is 4.64. The summed E-state index contributed by atoms with van der Waals surface area (Å²) in [7, 11) is 1.97. The molecule has 0 fully saturated rings. The summed E-state index contributed by atoms with van der Waals surface area (Å²) in [6, 6.07) is 0. The first-order valence-electron chi connectivity index (χ1n) is 5.85. The van der Waals surface area contributed by atoms with E-state index in [-0.39, 0.29) is 24.0 Å². The van der Waals surface area contributed by atoms with Crippen molar-refractivity contribution < 1.29 is 0 Å². The number of aryl methyl sites for hydroxylation is 4. The molecule has 0 aliphatic rings. The Morgan fingerprint density at radius 1 is 1.12 bits per heavy atom. The normalized spacial score (nSPS) is 10.6. The Morgan fingerprint density at radius 3 is 2.35 bits per heavy atom. The Kier molecular flexibility index (Phi) is 4.52.